The van der Waals surface area contributed by atoms with Gasteiger partial charge in [-0.15, -0.1) is 0 Å². The first-order valence-corrected chi connectivity index (χ1v) is 9.47. The molecular formula is C2H8N2O12S4. The van der Waals surface area contributed by atoms with Crippen LogP contribution in [0.25, 0.3) is 0 Å². The molecule has 18 heteroatoms. The summed E-state index contributed by atoms with van der Waals surface area (Å²) in [7, 11) is -26.0. The van der Waals surface area contributed by atoms with Gasteiger partial charge in [-0.25, -0.2) is 0 Å². The van der Waals surface area contributed by atoms with Crippen molar-refractivity contribution in [3.8, 4) is 0 Å². The van der Waals surface area contributed by atoms with Crippen LogP contribution >= 0.6 is 0 Å². The molecule has 0 aliphatic rings. The highest BCUT2D eigenvalue weighted by Gasteiger charge is 2.77. The third-order valence-electron chi connectivity index (χ3n) is 2.02. The highest BCUT2D eigenvalue weighted by atomic mass is 32.3. The van der Waals surface area contributed by atoms with Gasteiger partial charge in [-0.2, -0.15) is 33.7 Å². The molecule has 0 rings (SSSR count). The van der Waals surface area contributed by atoms with E-state index in [9.17, 15) is 33.7 Å². The standard InChI is InChI=1S/C2H8N2O12S4/c3-1(17(5,6)7,18(8,9)10)2(4,19(11,12)13)20(14,15)16/h3-4H2,(H,5,6,7)(H,8,9,10)(H,11,12,13)(H,14,15,16). The Morgan fingerprint density at radius 2 is 0.600 bits per heavy atom. The van der Waals surface area contributed by atoms with Crippen LogP contribution in [0.3, 0.4) is 0 Å². The molecule has 20 heavy (non-hydrogen) atoms. The average molecular weight is 380 g/mol. The normalized spacial score (nSPS) is 16.1. The second-order valence-corrected chi connectivity index (χ2v) is 10.1. The van der Waals surface area contributed by atoms with E-state index in [1.54, 1.807) is 0 Å². The Hall–Kier alpha value is -0.440. The van der Waals surface area contributed by atoms with E-state index >= 15 is 0 Å². The summed E-state index contributed by atoms with van der Waals surface area (Å²) < 4.78 is 111. The molecular weight excluding hydrogens is 372 g/mol. The van der Waals surface area contributed by atoms with Gasteiger partial charge in [-0.1, -0.05) is 0 Å². The zero-order chi connectivity index (χ0) is 17.0. The van der Waals surface area contributed by atoms with Crippen LogP contribution in [0.1, 0.15) is 0 Å². The third-order valence-corrected chi connectivity index (χ3v) is 9.42. The molecule has 0 aromatic heterocycles. The fourth-order valence-corrected chi connectivity index (χ4v) is 7.08. The van der Waals surface area contributed by atoms with E-state index in [0.717, 1.165) is 0 Å². The summed E-state index contributed by atoms with van der Waals surface area (Å²) in [5, 5.41) is 0. The minimum absolute atomic E-state index is 4.42. The molecule has 0 fully saturated rings. The predicted octanol–water partition coefficient (Wildman–Crippen LogP) is -4.24. The first-order valence-electron chi connectivity index (χ1n) is 3.71. The van der Waals surface area contributed by atoms with Gasteiger partial charge in [0.1, 0.15) is 0 Å². The molecule has 0 bridgehead atoms. The van der Waals surface area contributed by atoms with E-state index < -0.39 is 48.9 Å². The largest absolute Gasteiger partial charge is 0.322 e. The maximum Gasteiger partial charge on any atom is 0.322 e. The molecule has 0 aliphatic heterocycles. The van der Waals surface area contributed by atoms with Crippen molar-refractivity contribution in [2.45, 2.75) is 8.41 Å². The number of hydrogen-bond acceptors (Lipinski definition) is 10. The molecule has 14 nitrogen and oxygen atoms in total. The lowest BCUT2D eigenvalue weighted by atomic mass is 10.6. The van der Waals surface area contributed by atoms with Gasteiger partial charge in [-0.05, 0) is 0 Å². The second kappa shape index (κ2) is 4.53. The van der Waals surface area contributed by atoms with E-state index in [1.165, 1.54) is 0 Å². The lowest BCUT2D eigenvalue weighted by molar-refractivity contribution is 0.366. The van der Waals surface area contributed by atoms with E-state index in [2.05, 4.69) is 11.5 Å². The predicted molar refractivity (Wildman–Crippen MR) is 60.0 cm³/mol. The molecule has 0 aliphatic carbocycles. The third kappa shape index (κ3) is 2.43. The highest BCUT2D eigenvalue weighted by Crippen LogP contribution is 2.36. The van der Waals surface area contributed by atoms with Gasteiger partial charge >= 0.3 is 48.9 Å². The summed E-state index contributed by atoms with van der Waals surface area (Å²) in [6.45, 7) is 0. The molecule has 0 radical (unpaired) electrons. The maximum absolute atomic E-state index is 10.9. The van der Waals surface area contributed by atoms with Gasteiger partial charge in [0.2, 0.25) is 0 Å². The molecule has 122 valence electrons. The minimum atomic E-state index is -6.51. The molecule has 0 saturated carbocycles. The Kier molecular flexibility index (Phi) is 4.43. The van der Waals surface area contributed by atoms with Gasteiger partial charge in [0, 0.05) is 0 Å². The molecule has 0 heterocycles. The van der Waals surface area contributed by atoms with Crippen LogP contribution in [0, 0.1) is 0 Å². The molecule has 0 saturated heterocycles. The van der Waals surface area contributed by atoms with Gasteiger partial charge in [0.05, 0.1) is 0 Å². The molecule has 0 atom stereocenters. The summed E-state index contributed by atoms with van der Waals surface area (Å²) in [5.41, 5.74) is 8.85. The number of hydrogen-bond donors (Lipinski definition) is 6. The van der Waals surface area contributed by atoms with E-state index in [1.807, 2.05) is 0 Å². The van der Waals surface area contributed by atoms with Gasteiger partial charge in [0.15, 0.2) is 0 Å². The van der Waals surface area contributed by atoms with Crippen molar-refractivity contribution < 1.29 is 51.9 Å². The van der Waals surface area contributed by atoms with Crippen molar-refractivity contribution >= 4 is 40.5 Å². The highest BCUT2D eigenvalue weighted by molar-refractivity contribution is 8.12. The molecule has 0 aromatic carbocycles. The zero-order valence-corrected chi connectivity index (χ0v) is 12.1. The van der Waals surface area contributed by atoms with E-state index in [-0.39, 0.29) is 0 Å². The smallest absolute Gasteiger partial charge is 0.292 e. The van der Waals surface area contributed by atoms with E-state index in [4.69, 9.17) is 18.2 Å². The zero-order valence-electron chi connectivity index (χ0n) is 8.84. The summed E-state index contributed by atoms with van der Waals surface area (Å²) >= 11 is 0. The van der Waals surface area contributed by atoms with Crippen LogP contribution in [0.15, 0.2) is 0 Å². The molecule has 0 spiro atoms. The van der Waals surface area contributed by atoms with Crippen molar-refractivity contribution in [2.24, 2.45) is 11.5 Å². The van der Waals surface area contributed by atoms with Crippen LogP contribution in [0.5, 0.6) is 0 Å². The molecule has 0 amide bonds. The van der Waals surface area contributed by atoms with Crippen molar-refractivity contribution in [3.05, 3.63) is 0 Å². The lowest BCUT2D eigenvalue weighted by Gasteiger charge is -2.34. The lowest BCUT2D eigenvalue weighted by Crippen LogP contribution is -2.78. The summed E-state index contributed by atoms with van der Waals surface area (Å²) in [6.07, 6.45) is 0. The monoisotopic (exact) mass is 380 g/mol. The van der Waals surface area contributed by atoms with Crippen LogP contribution < -0.4 is 11.5 Å². The van der Waals surface area contributed by atoms with Crippen LogP contribution in [-0.2, 0) is 40.5 Å². The SMILES string of the molecule is NC(C(N)(S(=O)(=O)O)S(=O)(=O)O)(S(=O)(=O)O)S(=O)(=O)O. The number of nitrogens with two attached hydrogens (primary N) is 2. The molecule has 0 aromatic rings. The van der Waals surface area contributed by atoms with Crippen molar-refractivity contribution in [3.63, 3.8) is 0 Å². The maximum atomic E-state index is 10.9. The summed E-state index contributed by atoms with van der Waals surface area (Å²) in [6, 6.07) is 0. The van der Waals surface area contributed by atoms with Gasteiger partial charge in [-0.3, -0.25) is 29.7 Å². The van der Waals surface area contributed by atoms with Crippen LogP contribution in [0.4, 0.5) is 0 Å². The first-order chi connectivity index (χ1) is 8.25. The summed E-state index contributed by atoms with van der Waals surface area (Å²) in [5.74, 6) is 0. The first kappa shape index (κ1) is 19.6. The molecule has 0 unspecified atom stereocenters. The second-order valence-electron chi connectivity index (χ2n) is 3.24. The quantitative estimate of drug-likeness (QED) is 0.246. The van der Waals surface area contributed by atoms with Crippen molar-refractivity contribution in [1.82, 2.24) is 0 Å². The average Bonchev–Trinajstić information content (AvgIpc) is 2.07. The fraction of sp³-hybridized carbons (Fsp3) is 1.00. The number of rotatable bonds is 5. The topological polar surface area (TPSA) is 270 Å². The van der Waals surface area contributed by atoms with Crippen LogP contribution in [0.2, 0.25) is 0 Å². The Balaban J connectivity index is 7.47. The minimum Gasteiger partial charge on any atom is -0.292 e. The van der Waals surface area contributed by atoms with Crippen LogP contribution in [-0.4, -0.2) is 60.3 Å². The Morgan fingerprint density at radius 1 is 0.500 bits per heavy atom. The fourth-order valence-electron chi connectivity index (χ4n) is 0.985. The van der Waals surface area contributed by atoms with Crippen molar-refractivity contribution in [2.75, 3.05) is 0 Å². The Labute approximate surface area is 112 Å². The Morgan fingerprint density at radius 3 is 0.650 bits per heavy atom. The van der Waals surface area contributed by atoms with E-state index in [0.29, 0.717) is 0 Å². The van der Waals surface area contributed by atoms with Gasteiger partial charge in [0.25, 0.3) is 0 Å². The molecule has 8 N–H and O–H groups in total. The van der Waals surface area contributed by atoms with Gasteiger partial charge < -0.3 is 0 Å². The Bertz CT molecular complexity index is 676. The summed E-state index contributed by atoms with van der Waals surface area (Å²) in [4.78, 5) is 0. The van der Waals surface area contributed by atoms with Crippen molar-refractivity contribution in [1.29, 1.82) is 0 Å².